The monoisotopic (exact) mass is 731 g/mol. The van der Waals surface area contributed by atoms with Gasteiger partial charge in [0.25, 0.3) is 0 Å². The SMILES string of the molecule is CCCCC/C=C\C/C=C\CCCCCCCCCC(=O)OCC(O)COP(=O)(O)OCC(NC(=O)CCCCCCCCCCC)C(=O)O. The van der Waals surface area contributed by atoms with Crippen molar-refractivity contribution in [2.75, 3.05) is 19.8 Å². The maximum atomic E-state index is 12.2. The third-order valence-electron chi connectivity index (χ3n) is 8.24. The van der Waals surface area contributed by atoms with Gasteiger partial charge in [-0.05, 0) is 44.9 Å². The van der Waals surface area contributed by atoms with Crippen molar-refractivity contribution >= 4 is 25.7 Å². The van der Waals surface area contributed by atoms with Crippen LogP contribution in [0.2, 0.25) is 0 Å². The van der Waals surface area contributed by atoms with Gasteiger partial charge in [-0.25, -0.2) is 9.36 Å². The fourth-order valence-electron chi connectivity index (χ4n) is 5.17. The first-order valence-electron chi connectivity index (χ1n) is 19.4. The molecule has 0 spiro atoms. The van der Waals surface area contributed by atoms with Crippen LogP contribution in [-0.2, 0) is 32.7 Å². The van der Waals surface area contributed by atoms with E-state index in [-0.39, 0.29) is 12.8 Å². The molecule has 50 heavy (non-hydrogen) atoms. The van der Waals surface area contributed by atoms with Crippen LogP contribution in [0.1, 0.15) is 168 Å². The quantitative estimate of drug-likeness (QED) is 0.0211. The minimum absolute atomic E-state index is 0.147. The van der Waals surface area contributed by atoms with Crippen LogP contribution in [0.15, 0.2) is 24.3 Å². The number of allylic oxidation sites excluding steroid dienone is 4. The number of carbonyl (C=O) groups excluding carboxylic acids is 2. The zero-order valence-corrected chi connectivity index (χ0v) is 32.1. The molecule has 0 aliphatic carbocycles. The van der Waals surface area contributed by atoms with Crippen LogP contribution in [0.25, 0.3) is 0 Å². The fourth-order valence-corrected chi connectivity index (χ4v) is 5.94. The summed E-state index contributed by atoms with van der Waals surface area (Å²) in [4.78, 5) is 45.6. The lowest BCUT2D eigenvalue weighted by atomic mass is 10.1. The molecule has 0 aromatic heterocycles. The Hall–Kier alpha value is -2.04. The molecule has 0 radical (unpaired) electrons. The molecule has 11 nitrogen and oxygen atoms in total. The number of aliphatic hydroxyl groups is 1. The highest BCUT2D eigenvalue weighted by Crippen LogP contribution is 2.43. The van der Waals surface area contributed by atoms with E-state index in [1.165, 1.54) is 77.0 Å². The van der Waals surface area contributed by atoms with Gasteiger partial charge in [0.2, 0.25) is 5.91 Å². The van der Waals surface area contributed by atoms with Gasteiger partial charge in [0.15, 0.2) is 6.04 Å². The van der Waals surface area contributed by atoms with Crippen LogP contribution >= 0.6 is 7.82 Å². The average Bonchev–Trinajstić information content (AvgIpc) is 3.08. The number of carboxylic acids is 1. The Morgan fingerprint density at radius 2 is 1.10 bits per heavy atom. The predicted molar refractivity (Wildman–Crippen MR) is 199 cm³/mol. The molecule has 0 aliphatic heterocycles. The van der Waals surface area contributed by atoms with Gasteiger partial charge < -0.3 is 25.2 Å². The number of aliphatic hydroxyl groups excluding tert-OH is 1. The Morgan fingerprint density at radius 1 is 0.640 bits per heavy atom. The van der Waals surface area contributed by atoms with Crippen LogP contribution in [0.5, 0.6) is 0 Å². The number of rotatable bonds is 36. The van der Waals surface area contributed by atoms with E-state index in [2.05, 4.69) is 43.5 Å². The van der Waals surface area contributed by atoms with E-state index < -0.39 is 57.6 Å². The Bertz CT molecular complexity index is 958. The van der Waals surface area contributed by atoms with Gasteiger partial charge in [-0.2, -0.15) is 0 Å². The molecular weight excluding hydrogens is 661 g/mol. The lowest BCUT2D eigenvalue weighted by molar-refractivity contribution is -0.147. The first kappa shape index (κ1) is 48.0. The summed E-state index contributed by atoms with van der Waals surface area (Å²) in [5, 5.41) is 21.7. The van der Waals surface area contributed by atoms with E-state index in [0.29, 0.717) is 12.8 Å². The van der Waals surface area contributed by atoms with E-state index >= 15 is 0 Å². The number of phosphoric acid groups is 1. The molecule has 0 aliphatic rings. The number of carbonyl (C=O) groups is 3. The van der Waals surface area contributed by atoms with Gasteiger partial charge in [0, 0.05) is 12.8 Å². The summed E-state index contributed by atoms with van der Waals surface area (Å²) >= 11 is 0. The van der Waals surface area contributed by atoms with Gasteiger partial charge in [0.05, 0.1) is 13.2 Å². The van der Waals surface area contributed by atoms with Crippen LogP contribution in [0.3, 0.4) is 0 Å². The lowest BCUT2D eigenvalue weighted by Crippen LogP contribution is -2.43. The van der Waals surface area contributed by atoms with Crippen molar-refractivity contribution in [2.45, 2.75) is 180 Å². The van der Waals surface area contributed by atoms with E-state index in [1.807, 2.05) is 0 Å². The highest BCUT2D eigenvalue weighted by atomic mass is 31.2. The number of amides is 1. The second-order valence-electron chi connectivity index (χ2n) is 13.1. The van der Waals surface area contributed by atoms with Crippen LogP contribution in [0.4, 0.5) is 0 Å². The first-order valence-corrected chi connectivity index (χ1v) is 20.9. The van der Waals surface area contributed by atoms with Crippen molar-refractivity contribution in [2.24, 2.45) is 0 Å². The first-order chi connectivity index (χ1) is 24.1. The van der Waals surface area contributed by atoms with Gasteiger partial charge in [-0.15, -0.1) is 0 Å². The van der Waals surface area contributed by atoms with Gasteiger partial charge in [0.1, 0.15) is 12.7 Å². The summed E-state index contributed by atoms with van der Waals surface area (Å²) in [5.41, 5.74) is 0. The van der Waals surface area contributed by atoms with Gasteiger partial charge in [-0.1, -0.05) is 134 Å². The van der Waals surface area contributed by atoms with Crippen LogP contribution in [-0.4, -0.2) is 64.9 Å². The van der Waals surface area contributed by atoms with E-state index in [1.54, 1.807) is 0 Å². The van der Waals surface area contributed by atoms with E-state index in [9.17, 15) is 34.1 Å². The summed E-state index contributed by atoms with van der Waals surface area (Å²) < 4.78 is 26.7. The van der Waals surface area contributed by atoms with Crippen molar-refractivity contribution < 1.29 is 47.8 Å². The molecule has 3 unspecified atom stereocenters. The molecule has 0 saturated carbocycles. The standard InChI is InChI=1S/C38H70NO10P/c1-3-5-7-9-11-13-14-15-16-17-18-19-20-22-24-26-28-30-37(42)47-31-34(40)32-48-50(45,46)49-33-35(38(43)44)39-36(41)29-27-25-23-21-12-10-8-6-4-2/h11,13,15-16,34-35,40H,3-10,12,14,17-33H2,1-2H3,(H,39,41)(H,43,44)(H,45,46)/b13-11-,16-15-. The molecule has 1 amide bonds. The Kier molecular flexibility index (Phi) is 32.7. The molecule has 0 aromatic rings. The Labute approximate surface area is 302 Å². The van der Waals surface area contributed by atoms with Crippen molar-refractivity contribution in [3.8, 4) is 0 Å². The minimum Gasteiger partial charge on any atom is -0.480 e. The summed E-state index contributed by atoms with van der Waals surface area (Å²) in [6, 6.07) is -1.54. The molecule has 3 atom stereocenters. The zero-order chi connectivity index (χ0) is 37.1. The molecule has 0 saturated heterocycles. The number of hydrogen-bond donors (Lipinski definition) is 4. The number of aliphatic carboxylic acids is 1. The van der Waals surface area contributed by atoms with Crippen molar-refractivity contribution in [1.82, 2.24) is 5.32 Å². The molecule has 12 heteroatoms. The summed E-state index contributed by atoms with van der Waals surface area (Å²) in [5.74, 6) is -2.38. The zero-order valence-electron chi connectivity index (χ0n) is 31.2. The molecular formula is C38H70NO10P. The molecule has 4 N–H and O–H groups in total. The highest BCUT2D eigenvalue weighted by molar-refractivity contribution is 7.47. The average molecular weight is 732 g/mol. The molecule has 292 valence electrons. The molecule has 0 heterocycles. The molecule has 0 rings (SSSR count). The summed E-state index contributed by atoms with van der Waals surface area (Å²) in [6.45, 7) is 2.51. The Balaban J connectivity index is 3.92. The molecule has 0 aromatic carbocycles. The van der Waals surface area contributed by atoms with Crippen molar-refractivity contribution in [3.05, 3.63) is 24.3 Å². The lowest BCUT2D eigenvalue weighted by Gasteiger charge is -2.18. The third kappa shape index (κ3) is 33.1. The minimum atomic E-state index is -4.74. The van der Waals surface area contributed by atoms with Crippen molar-refractivity contribution in [1.29, 1.82) is 0 Å². The van der Waals surface area contributed by atoms with Gasteiger partial charge in [-0.3, -0.25) is 18.6 Å². The number of esters is 1. The Morgan fingerprint density at radius 3 is 1.66 bits per heavy atom. The second kappa shape index (κ2) is 34.1. The number of ether oxygens (including phenoxy) is 1. The summed E-state index contributed by atoms with van der Waals surface area (Å²) in [7, 11) is -4.74. The number of carboxylic acid groups (broad SMARTS) is 1. The number of phosphoric ester groups is 1. The normalized spacial score (nSPS) is 14.2. The maximum absolute atomic E-state index is 12.2. The molecule has 0 fully saturated rings. The van der Waals surface area contributed by atoms with Gasteiger partial charge >= 0.3 is 19.8 Å². The fraction of sp³-hybridized carbons (Fsp3) is 0.816. The predicted octanol–water partition coefficient (Wildman–Crippen LogP) is 9.11. The van der Waals surface area contributed by atoms with Crippen molar-refractivity contribution in [3.63, 3.8) is 0 Å². The second-order valence-corrected chi connectivity index (χ2v) is 14.6. The van der Waals surface area contributed by atoms with Crippen LogP contribution in [0, 0.1) is 0 Å². The molecule has 0 bridgehead atoms. The third-order valence-corrected chi connectivity index (χ3v) is 9.19. The maximum Gasteiger partial charge on any atom is 0.472 e. The largest absolute Gasteiger partial charge is 0.480 e. The number of unbranched alkanes of at least 4 members (excludes halogenated alkanes) is 18. The number of hydrogen-bond acceptors (Lipinski definition) is 8. The topological polar surface area (TPSA) is 169 Å². The van der Waals surface area contributed by atoms with Crippen LogP contribution < -0.4 is 5.32 Å². The van der Waals surface area contributed by atoms with E-state index in [4.69, 9.17) is 13.8 Å². The summed E-state index contributed by atoms with van der Waals surface area (Å²) in [6.07, 6.45) is 32.2. The van der Waals surface area contributed by atoms with E-state index in [0.717, 1.165) is 51.4 Å². The highest BCUT2D eigenvalue weighted by Gasteiger charge is 2.28. The number of nitrogens with one attached hydrogen (secondary N) is 1. The smallest absolute Gasteiger partial charge is 0.472 e.